The number of hydrogen-bond donors (Lipinski definition) is 1. The topological polar surface area (TPSA) is 54.5 Å². The van der Waals surface area contributed by atoms with Gasteiger partial charge < -0.3 is 9.64 Å². The molecular formula is C19H25N3O2S. The molecular weight excluding hydrogens is 334 g/mol. The van der Waals surface area contributed by atoms with Gasteiger partial charge in [-0.3, -0.25) is 10.1 Å². The molecule has 6 heteroatoms. The van der Waals surface area contributed by atoms with Crippen LogP contribution >= 0.6 is 11.8 Å². The maximum atomic E-state index is 13.3. The lowest BCUT2D eigenvalue weighted by molar-refractivity contribution is -0.128. The number of pyridine rings is 1. The molecule has 2 bridgehead atoms. The lowest BCUT2D eigenvalue weighted by atomic mass is 10.0. The van der Waals surface area contributed by atoms with Crippen molar-refractivity contribution in [1.29, 1.82) is 0 Å². The first-order valence-electron chi connectivity index (χ1n) is 9.04. The highest BCUT2D eigenvalue weighted by Gasteiger charge is 2.38. The van der Waals surface area contributed by atoms with E-state index < -0.39 is 0 Å². The fraction of sp³-hybridized carbons (Fsp3) is 0.579. The van der Waals surface area contributed by atoms with E-state index in [1.54, 1.807) is 13.3 Å². The van der Waals surface area contributed by atoms with Crippen molar-refractivity contribution in [3.05, 3.63) is 35.0 Å². The second-order valence-electron chi connectivity index (χ2n) is 7.07. The summed E-state index contributed by atoms with van der Waals surface area (Å²) in [5.74, 6) is 1.98. The fourth-order valence-corrected chi connectivity index (χ4v) is 4.97. The van der Waals surface area contributed by atoms with Crippen LogP contribution in [0.3, 0.4) is 0 Å². The number of carbonyl (C=O) groups excluding carboxylic acids is 1. The molecule has 134 valence electrons. The molecule has 1 aliphatic carbocycles. The number of amides is 1. The molecule has 4 rings (SSSR count). The predicted octanol–water partition coefficient (Wildman–Crippen LogP) is 2.64. The Balaban J connectivity index is 1.57. The van der Waals surface area contributed by atoms with E-state index in [4.69, 9.17) is 4.74 Å². The summed E-state index contributed by atoms with van der Waals surface area (Å²) in [6, 6.07) is 2.92. The molecule has 0 radical (unpaired) electrons. The Labute approximate surface area is 153 Å². The third kappa shape index (κ3) is 3.42. The quantitative estimate of drug-likeness (QED) is 0.876. The monoisotopic (exact) mass is 359 g/mol. The Kier molecular flexibility index (Phi) is 4.73. The van der Waals surface area contributed by atoms with Crippen LogP contribution < -0.4 is 10.1 Å². The van der Waals surface area contributed by atoms with Gasteiger partial charge in [0.25, 0.3) is 5.91 Å². The third-order valence-electron chi connectivity index (χ3n) is 5.34. The summed E-state index contributed by atoms with van der Waals surface area (Å²) in [7, 11) is 1.64. The van der Waals surface area contributed by atoms with E-state index in [9.17, 15) is 4.79 Å². The molecule has 1 aromatic rings. The van der Waals surface area contributed by atoms with Gasteiger partial charge in [-0.1, -0.05) is 6.08 Å². The van der Waals surface area contributed by atoms with Gasteiger partial charge in [-0.05, 0) is 50.0 Å². The van der Waals surface area contributed by atoms with Gasteiger partial charge in [0.15, 0.2) is 0 Å². The van der Waals surface area contributed by atoms with Gasteiger partial charge in [0.2, 0.25) is 5.88 Å². The zero-order valence-electron chi connectivity index (χ0n) is 14.8. The van der Waals surface area contributed by atoms with Crippen LogP contribution in [0.1, 0.15) is 36.8 Å². The van der Waals surface area contributed by atoms with Gasteiger partial charge in [-0.15, -0.1) is 11.8 Å². The first kappa shape index (κ1) is 16.9. The molecule has 25 heavy (non-hydrogen) atoms. The van der Waals surface area contributed by atoms with Crippen molar-refractivity contribution in [3.63, 3.8) is 0 Å². The van der Waals surface area contributed by atoms with Crippen molar-refractivity contribution in [3.8, 4) is 5.88 Å². The van der Waals surface area contributed by atoms with E-state index in [-0.39, 0.29) is 11.3 Å². The maximum absolute atomic E-state index is 13.3. The summed E-state index contributed by atoms with van der Waals surface area (Å²) < 4.78 is 5.33. The second kappa shape index (κ2) is 7.00. The summed E-state index contributed by atoms with van der Waals surface area (Å²) in [5, 5.41) is 3.77. The van der Waals surface area contributed by atoms with Crippen molar-refractivity contribution in [2.24, 2.45) is 0 Å². The summed E-state index contributed by atoms with van der Waals surface area (Å²) >= 11 is 1.86. The van der Waals surface area contributed by atoms with Crippen LogP contribution in [-0.4, -0.2) is 46.1 Å². The Morgan fingerprint density at radius 3 is 3.04 bits per heavy atom. The fourth-order valence-electron chi connectivity index (χ4n) is 3.65. The SMILES string of the molecule is COc1nccc(CN(C(=O)C2=CCC3CCSC2N3)C2CC2)c1C. The van der Waals surface area contributed by atoms with Gasteiger partial charge in [-0.2, -0.15) is 0 Å². The molecule has 3 aliphatic rings. The molecule has 3 heterocycles. The average Bonchev–Trinajstić information content (AvgIpc) is 3.46. The van der Waals surface area contributed by atoms with Crippen LogP contribution in [0, 0.1) is 6.92 Å². The number of hydrogen-bond acceptors (Lipinski definition) is 5. The molecule has 1 amide bonds. The third-order valence-corrected chi connectivity index (χ3v) is 6.54. The van der Waals surface area contributed by atoms with E-state index in [2.05, 4.69) is 21.3 Å². The van der Waals surface area contributed by atoms with Crippen molar-refractivity contribution in [2.75, 3.05) is 12.9 Å². The molecule has 5 nitrogen and oxygen atoms in total. The first-order valence-corrected chi connectivity index (χ1v) is 10.1. The summed E-state index contributed by atoms with van der Waals surface area (Å²) in [4.78, 5) is 19.6. The smallest absolute Gasteiger partial charge is 0.252 e. The minimum absolute atomic E-state index is 0.161. The molecule has 2 unspecified atom stereocenters. The molecule has 0 spiro atoms. The number of carbonyl (C=O) groups is 1. The number of fused-ring (bicyclic) bond motifs is 2. The molecule has 0 aromatic carbocycles. The first-order chi connectivity index (χ1) is 12.2. The molecule has 1 N–H and O–H groups in total. The van der Waals surface area contributed by atoms with E-state index in [1.165, 1.54) is 6.42 Å². The van der Waals surface area contributed by atoms with Crippen molar-refractivity contribution in [2.45, 2.75) is 56.6 Å². The lowest BCUT2D eigenvalue weighted by Crippen LogP contribution is -2.48. The Hall–Kier alpha value is -1.53. The van der Waals surface area contributed by atoms with Crippen LogP contribution in [0.4, 0.5) is 0 Å². The van der Waals surface area contributed by atoms with Gasteiger partial charge in [-0.25, -0.2) is 4.98 Å². The molecule has 1 saturated heterocycles. The summed E-state index contributed by atoms with van der Waals surface area (Å²) in [6.07, 6.45) is 8.32. The number of rotatable bonds is 5. The number of methoxy groups -OCH3 is 1. The zero-order chi connectivity index (χ0) is 17.4. The largest absolute Gasteiger partial charge is 0.481 e. The number of thioether (sulfide) groups is 1. The number of nitrogens with zero attached hydrogens (tertiary/aromatic N) is 2. The Bertz CT molecular complexity index is 702. The summed E-state index contributed by atoms with van der Waals surface area (Å²) in [6.45, 7) is 2.64. The van der Waals surface area contributed by atoms with Crippen LogP contribution in [0.2, 0.25) is 0 Å². The Morgan fingerprint density at radius 2 is 2.28 bits per heavy atom. The van der Waals surface area contributed by atoms with Crippen molar-refractivity contribution in [1.82, 2.24) is 15.2 Å². The Morgan fingerprint density at radius 1 is 1.44 bits per heavy atom. The molecule has 2 fully saturated rings. The number of aromatic nitrogens is 1. The molecule has 1 aromatic heterocycles. The second-order valence-corrected chi connectivity index (χ2v) is 8.28. The van der Waals surface area contributed by atoms with Crippen LogP contribution in [0.15, 0.2) is 23.9 Å². The highest BCUT2D eigenvalue weighted by Crippen LogP contribution is 2.35. The van der Waals surface area contributed by atoms with Crippen LogP contribution in [-0.2, 0) is 11.3 Å². The standard InChI is InChI=1S/C19H25N3O2S/c1-12-13(7-9-20-17(12)24-2)11-22(15-4-5-15)19(23)16-6-3-14-8-10-25-18(16)21-14/h6-7,9,14-15,18,21H,3-5,8,10-11H2,1-2H3. The van der Waals surface area contributed by atoms with Gasteiger partial charge in [0, 0.05) is 36.0 Å². The summed E-state index contributed by atoms with van der Waals surface area (Å²) in [5.41, 5.74) is 3.09. The maximum Gasteiger partial charge on any atom is 0.252 e. The zero-order valence-corrected chi connectivity index (χ0v) is 15.6. The normalized spacial score (nSPS) is 25.3. The van der Waals surface area contributed by atoms with Gasteiger partial charge in [0.05, 0.1) is 12.5 Å². The minimum Gasteiger partial charge on any atom is -0.481 e. The predicted molar refractivity (Wildman–Crippen MR) is 99.6 cm³/mol. The minimum atomic E-state index is 0.161. The van der Waals surface area contributed by atoms with Crippen molar-refractivity contribution >= 4 is 17.7 Å². The highest BCUT2D eigenvalue weighted by molar-refractivity contribution is 8.00. The van der Waals surface area contributed by atoms with Crippen molar-refractivity contribution < 1.29 is 9.53 Å². The molecule has 2 atom stereocenters. The van der Waals surface area contributed by atoms with E-state index in [0.717, 1.165) is 41.7 Å². The average molecular weight is 359 g/mol. The number of nitrogens with one attached hydrogen (secondary N) is 1. The molecule has 2 aliphatic heterocycles. The van der Waals surface area contributed by atoms with E-state index in [1.807, 2.05) is 24.8 Å². The van der Waals surface area contributed by atoms with E-state index in [0.29, 0.717) is 24.5 Å². The van der Waals surface area contributed by atoms with Crippen LogP contribution in [0.25, 0.3) is 0 Å². The highest BCUT2D eigenvalue weighted by atomic mass is 32.2. The molecule has 1 saturated carbocycles. The van der Waals surface area contributed by atoms with Gasteiger partial charge >= 0.3 is 0 Å². The van der Waals surface area contributed by atoms with E-state index >= 15 is 0 Å². The number of ether oxygens (including phenoxy) is 1. The lowest BCUT2D eigenvalue weighted by Gasteiger charge is -2.37. The van der Waals surface area contributed by atoms with Crippen LogP contribution in [0.5, 0.6) is 5.88 Å². The van der Waals surface area contributed by atoms with Gasteiger partial charge in [0.1, 0.15) is 0 Å².